The maximum absolute atomic E-state index is 6.48. The second kappa shape index (κ2) is 3.46. The van der Waals surface area contributed by atoms with E-state index in [0.29, 0.717) is 22.9 Å². The van der Waals surface area contributed by atoms with Crippen molar-refractivity contribution in [3.63, 3.8) is 0 Å². The van der Waals surface area contributed by atoms with Crippen molar-refractivity contribution in [3.05, 3.63) is 0 Å². The molecule has 1 saturated heterocycles. The Labute approximate surface area is 123 Å². The van der Waals surface area contributed by atoms with Gasteiger partial charge in [-0.1, -0.05) is 20.8 Å². The van der Waals surface area contributed by atoms with Crippen LogP contribution in [-0.2, 0) is 9.47 Å². The lowest BCUT2D eigenvalue weighted by Crippen LogP contribution is -2.52. The fraction of sp³-hybridized carbons (Fsp3) is 1.00. The molecule has 2 heteroatoms. The van der Waals surface area contributed by atoms with Gasteiger partial charge in [-0.2, -0.15) is 0 Å². The van der Waals surface area contributed by atoms with Crippen molar-refractivity contribution >= 4 is 0 Å². The smallest absolute Gasteiger partial charge is 0.164 e. The number of hydrogen-bond acceptors (Lipinski definition) is 2. The average molecular weight is 278 g/mol. The van der Waals surface area contributed by atoms with Crippen molar-refractivity contribution in [2.24, 2.45) is 28.6 Å². The number of hydrogen-bond donors (Lipinski definition) is 0. The van der Waals surface area contributed by atoms with Crippen LogP contribution in [0, 0.1) is 28.6 Å². The highest BCUT2D eigenvalue weighted by atomic mass is 16.8. The third-order valence-corrected chi connectivity index (χ3v) is 7.73. The van der Waals surface area contributed by atoms with E-state index in [1.54, 1.807) is 0 Å². The van der Waals surface area contributed by atoms with Crippen LogP contribution in [0.5, 0.6) is 0 Å². The van der Waals surface area contributed by atoms with Crippen LogP contribution < -0.4 is 0 Å². The topological polar surface area (TPSA) is 18.5 Å². The summed E-state index contributed by atoms with van der Waals surface area (Å²) in [6, 6.07) is 0. The number of rotatable bonds is 0. The van der Waals surface area contributed by atoms with Gasteiger partial charge in [0.25, 0.3) is 0 Å². The summed E-state index contributed by atoms with van der Waals surface area (Å²) in [5.41, 5.74) is 0.836. The summed E-state index contributed by atoms with van der Waals surface area (Å²) in [5.74, 6) is 1.96. The molecule has 0 aromatic heterocycles. The SMILES string of the molecule is C[C@@H]1CC[C@H]2C(C)(C)[C@H]3C[C@]12CC1OC(C)(C)OC13C. The van der Waals surface area contributed by atoms with Gasteiger partial charge < -0.3 is 9.47 Å². The minimum atomic E-state index is -0.409. The van der Waals surface area contributed by atoms with Gasteiger partial charge in [-0.3, -0.25) is 0 Å². The Kier molecular flexibility index (Phi) is 2.35. The van der Waals surface area contributed by atoms with Crippen molar-refractivity contribution in [3.8, 4) is 0 Å². The van der Waals surface area contributed by atoms with Crippen LogP contribution in [0.1, 0.15) is 67.2 Å². The molecule has 1 aliphatic heterocycles. The molecule has 0 aromatic rings. The summed E-state index contributed by atoms with van der Waals surface area (Å²) in [4.78, 5) is 0. The molecule has 2 bridgehead atoms. The summed E-state index contributed by atoms with van der Waals surface area (Å²) in [6.45, 7) is 14.0. The zero-order chi connectivity index (χ0) is 14.6. The molecular weight excluding hydrogens is 248 g/mol. The summed E-state index contributed by atoms with van der Waals surface area (Å²) in [7, 11) is 0. The molecule has 4 rings (SSSR count). The van der Waals surface area contributed by atoms with Gasteiger partial charge in [-0.25, -0.2) is 0 Å². The van der Waals surface area contributed by atoms with Gasteiger partial charge in [-0.15, -0.1) is 0 Å². The molecule has 4 aliphatic rings. The van der Waals surface area contributed by atoms with Gasteiger partial charge in [-0.05, 0) is 75.0 Å². The van der Waals surface area contributed by atoms with Crippen LogP contribution in [0.2, 0.25) is 0 Å². The minimum Gasteiger partial charge on any atom is -0.344 e. The zero-order valence-electron chi connectivity index (χ0n) is 14.0. The van der Waals surface area contributed by atoms with E-state index >= 15 is 0 Å². The third kappa shape index (κ3) is 1.34. The van der Waals surface area contributed by atoms with E-state index < -0.39 is 5.79 Å². The van der Waals surface area contributed by atoms with Gasteiger partial charge in [0.1, 0.15) is 0 Å². The summed E-state index contributed by atoms with van der Waals surface area (Å²) < 4.78 is 12.8. The molecule has 2 unspecified atom stereocenters. The van der Waals surface area contributed by atoms with E-state index in [4.69, 9.17) is 9.47 Å². The van der Waals surface area contributed by atoms with Gasteiger partial charge in [0, 0.05) is 0 Å². The van der Waals surface area contributed by atoms with Gasteiger partial charge >= 0.3 is 0 Å². The fourth-order valence-electron chi connectivity index (χ4n) is 7.01. The molecule has 6 atom stereocenters. The van der Waals surface area contributed by atoms with Gasteiger partial charge in [0.15, 0.2) is 5.79 Å². The molecule has 0 radical (unpaired) electrons. The van der Waals surface area contributed by atoms with Crippen LogP contribution in [-0.4, -0.2) is 17.5 Å². The maximum atomic E-state index is 6.48. The first-order chi connectivity index (χ1) is 9.12. The first kappa shape index (κ1) is 13.6. The Hall–Kier alpha value is -0.0800. The summed E-state index contributed by atoms with van der Waals surface area (Å²) in [6.07, 6.45) is 5.70. The number of ether oxygens (including phenoxy) is 2. The minimum absolute atomic E-state index is 0.0810. The van der Waals surface area contributed by atoms with E-state index in [1.807, 2.05) is 0 Å². The molecule has 0 amide bonds. The van der Waals surface area contributed by atoms with Crippen molar-refractivity contribution in [1.82, 2.24) is 0 Å². The third-order valence-electron chi connectivity index (χ3n) is 7.73. The van der Waals surface area contributed by atoms with Crippen molar-refractivity contribution in [2.45, 2.75) is 84.7 Å². The molecule has 114 valence electrons. The number of fused-ring (bicyclic) bond motifs is 3. The zero-order valence-corrected chi connectivity index (χ0v) is 14.0. The second-order valence-corrected chi connectivity index (χ2v) is 9.34. The Morgan fingerprint density at radius 2 is 1.60 bits per heavy atom. The van der Waals surface area contributed by atoms with Crippen LogP contribution in [0.25, 0.3) is 0 Å². The Morgan fingerprint density at radius 3 is 2.30 bits per heavy atom. The molecule has 20 heavy (non-hydrogen) atoms. The predicted molar refractivity (Wildman–Crippen MR) is 79.3 cm³/mol. The monoisotopic (exact) mass is 278 g/mol. The summed E-state index contributed by atoms with van der Waals surface area (Å²) >= 11 is 0. The Balaban J connectivity index is 1.82. The molecule has 1 spiro atoms. The highest BCUT2D eigenvalue weighted by molar-refractivity contribution is 5.21. The lowest BCUT2D eigenvalue weighted by atomic mass is 9.63. The van der Waals surface area contributed by atoms with Crippen molar-refractivity contribution < 1.29 is 9.47 Å². The van der Waals surface area contributed by atoms with Crippen LogP contribution in [0.3, 0.4) is 0 Å². The molecule has 4 fully saturated rings. The highest BCUT2D eigenvalue weighted by Crippen LogP contribution is 2.75. The normalized spacial score (nSPS) is 58.5. The maximum Gasteiger partial charge on any atom is 0.164 e. The van der Waals surface area contributed by atoms with E-state index in [-0.39, 0.29) is 5.60 Å². The molecule has 3 aliphatic carbocycles. The van der Waals surface area contributed by atoms with Crippen molar-refractivity contribution in [2.75, 3.05) is 0 Å². The van der Waals surface area contributed by atoms with Crippen LogP contribution in [0.4, 0.5) is 0 Å². The molecular formula is C18H30O2. The van der Waals surface area contributed by atoms with E-state index in [2.05, 4.69) is 41.5 Å². The lowest BCUT2D eigenvalue weighted by Gasteiger charge is -2.47. The second-order valence-electron chi connectivity index (χ2n) is 9.34. The van der Waals surface area contributed by atoms with Gasteiger partial charge in [0.2, 0.25) is 0 Å². The van der Waals surface area contributed by atoms with E-state index in [9.17, 15) is 0 Å². The Morgan fingerprint density at radius 1 is 0.900 bits per heavy atom. The predicted octanol–water partition coefficient (Wildman–Crippen LogP) is 4.38. The van der Waals surface area contributed by atoms with Crippen LogP contribution >= 0.6 is 0 Å². The first-order valence-corrected chi connectivity index (χ1v) is 8.50. The lowest BCUT2D eigenvalue weighted by molar-refractivity contribution is -0.177. The van der Waals surface area contributed by atoms with Gasteiger partial charge in [0.05, 0.1) is 11.7 Å². The quantitative estimate of drug-likeness (QED) is 0.654. The van der Waals surface area contributed by atoms with E-state index in [1.165, 1.54) is 25.7 Å². The molecule has 0 N–H and O–H groups in total. The molecule has 2 nitrogen and oxygen atoms in total. The summed E-state index contributed by atoms with van der Waals surface area (Å²) in [5, 5.41) is 0. The van der Waals surface area contributed by atoms with E-state index in [0.717, 1.165) is 11.8 Å². The van der Waals surface area contributed by atoms with Crippen molar-refractivity contribution in [1.29, 1.82) is 0 Å². The average Bonchev–Trinajstić information content (AvgIpc) is 2.80. The molecule has 0 aromatic carbocycles. The van der Waals surface area contributed by atoms with Crippen LogP contribution in [0.15, 0.2) is 0 Å². The molecule has 1 heterocycles. The Bertz CT molecular complexity index is 454. The fourth-order valence-corrected chi connectivity index (χ4v) is 7.01. The molecule has 3 saturated carbocycles. The first-order valence-electron chi connectivity index (χ1n) is 8.50. The highest BCUT2D eigenvalue weighted by Gasteiger charge is 2.73. The largest absolute Gasteiger partial charge is 0.344 e. The standard InChI is InChI=1S/C18H30O2/c1-11-7-8-12-15(2,3)13-9-18(11,12)10-14-17(13,6)20-16(4,5)19-14/h11-14H,7-10H2,1-6H3/t11-,12+,13-,14?,17?,18+/m1/s1.